The van der Waals surface area contributed by atoms with E-state index in [1.54, 1.807) is 11.1 Å². The molecule has 6 nitrogen and oxygen atoms in total. The summed E-state index contributed by atoms with van der Waals surface area (Å²) in [5.41, 5.74) is 2.96. The minimum atomic E-state index is -0.493. The second kappa shape index (κ2) is 18.9. The van der Waals surface area contributed by atoms with Gasteiger partial charge in [-0.3, -0.25) is 0 Å². The molecule has 0 amide bonds. The van der Waals surface area contributed by atoms with Crippen molar-refractivity contribution in [2.45, 2.75) is 232 Å². The van der Waals surface area contributed by atoms with E-state index in [1.807, 2.05) is 13.8 Å². The second-order valence-electron chi connectivity index (χ2n) is 27.9. The number of nitrogens with zero attached hydrogens (tertiary/aromatic N) is 1. The van der Waals surface area contributed by atoms with Gasteiger partial charge in [0.05, 0.1) is 22.4 Å². The number of likely N-dealkylation sites (tertiary alicyclic amines) is 1. The van der Waals surface area contributed by atoms with E-state index in [0.717, 1.165) is 150 Å². The van der Waals surface area contributed by atoms with Gasteiger partial charge >= 0.3 is 0 Å². The van der Waals surface area contributed by atoms with Gasteiger partial charge in [-0.05, 0) is 269 Å². The molecule has 5 N–H and O–H groups in total. The molecule has 7 heteroatoms. The summed E-state index contributed by atoms with van der Waals surface area (Å²) in [6.45, 7) is 23.5. The Hall–Kier alpha value is -0.470. The van der Waals surface area contributed by atoms with Crippen LogP contribution in [0.4, 0.5) is 0 Å². The van der Waals surface area contributed by atoms with Crippen molar-refractivity contribution in [1.82, 2.24) is 10.2 Å². The fourth-order valence-corrected chi connectivity index (χ4v) is 19.4. The van der Waals surface area contributed by atoms with E-state index in [0.29, 0.717) is 21.7 Å². The van der Waals surface area contributed by atoms with Crippen molar-refractivity contribution in [3.63, 3.8) is 0 Å². The first-order chi connectivity index (χ1) is 30.5. The standard InChI is InChI=1S/C30H51NO2.C29H49NO2.ClH/c1-21(10-13-30(33)16-18-31(5)19-17-30)24-8-9-25-23-7-6-22-20-27(2,32)14-15-28(22,3)26(23)11-12-29(24,25)4;1-20(9-12-29(32)15-17-30-18-16-29)23-7-8-24-22-6-5-21-19-26(2,31)13-14-27(21,3)25(22)10-11-28(23,24)4;/h6,21,23-26,32-33H,7-20H2,1-5H3;5,20,22-25,30-32H,6-19H2,1-4H3;1H/t21-,23+,24-,25+,26+,27+,28+,29-;20-,22+,23-,24+,25+,26+,27+,28-;/m11./s1. The van der Waals surface area contributed by atoms with Crippen LogP contribution in [0.15, 0.2) is 23.3 Å². The van der Waals surface area contributed by atoms with E-state index < -0.39 is 22.4 Å². The Bertz CT molecular complexity index is 1760. The molecular weight excluding hydrogens is 836 g/mol. The number of hydrogen-bond donors (Lipinski definition) is 5. The Balaban J connectivity index is 0.000000177. The summed E-state index contributed by atoms with van der Waals surface area (Å²) in [7, 11) is 2.18. The molecule has 0 spiro atoms. The summed E-state index contributed by atoms with van der Waals surface area (Å²) in [5, 5.41) is 47.0. The molecule has 8 aliphatic carbocycles. The van der Waals surface area contributed by atoms with Crippen LogP contribution < -0.4 is 5.32 Å². The Morgan fingerprint density at radius 3 is 1.38 bits per heavy atom. The summed E-state index contributed by atoms with van der Waals surface area (Å²) in [6.07, 6.45) is 33.0. The summed E-state index contributed by atoms with van der Waals surface area (Å²) in [5.74, 6) is 8.15. The Kier molecular flexibility index (Phi) is 14.8. The number of piperidine rings is 2. The van der Waals surface area contributed by atoms with Crippen molar-refractivity contribution >= 4 is 12.4 Å². The number of rotatable bonds is 8. The lowest BCUT2D eigenvalue weighted by Crippen LogP contribution is -2.52. The van der Waals surface area contributed by atoms with Crippen molar-refractivity contribution in [2.24, 2.45) is 80.8 Å². The maximum Gasteiger partial charge on any atom is 0.0672 e. The van der Waals surface area contributed by atoms with Crippen LogP contribution in [0, 0.1) is 80.8 Å². The summed E-state index contributed by atoms with van der Waals surface area (Å²) in [4.78, 5) is 2.36. The Morgan fingerprint density at radius 1 is 0.545 bits per heavy atom. The van der Waals surface area contributed by atoms with E-state index in [1.165, 1.54) is 89.9 Å². The quantitative estimate of drug-likeness (QED) is 0.156. The molecule has 0 aromatic rings. The first-order valence-electron chi connectivity index (χ1n) is 28.2. The van der Waals surface area contributed by atoms with Crippen LogP contribution in [0.25, 0.3) is 0 Å². The van der Waals surface area contributed by atoms with Gasteiger partial charge in [0, 0.05) is 13.1 Å². The maximum absolute atomic E-state index is 11.2. The van der Waals surface area contributed by atoms with Gasteiger partial charge in [0.25, 0.3) is 0 Å². The van der Waals surface area contributed by atoms with E-state index >= 15 is 0 Å². The van der Waals surface area contributed by atoms with Crippen LogP contribution >= 0.6 is 12.4 Å². The highest BCUT2D eigenvalue weighted by Gasteiger charge is 2.61. The SMILES string of the molecule is C[C@H](CCC1(O)CCN(C)CC1)[C@H]1CC[C@H]2[C@@H]3CC=C4C[C@@](C)(O)CC[C@]4(C)[C@H]3CC[C@]12C.C[C@H](CCC1(O)CCNCC1)[C@H]1CC[C@H]2[C@@H]3CC=C4C[C@@](C)(O)CC[C@]4(C)[C@H]3CC[C@]12C.Cl. The molecule has 2 saturated heterocycles. The zero-order valence-electron chi connectivity index (χ0n) is 43.9. The molecule has 8 fully saturated rings. The molecule has 0 aromatic carbocycles. The predicted molar refractivity (Wildman–Crippen MR) is 274 cm³/mol. The molecule has 2 aliphatic heterocycles. The summed E-state index contributed by atoms with van der Waals surface area (Å²) < 4.78 is 0. The predicted octanol–water partition coefficient (Wildman–Crippen LogP) is 12.5. The topological polar surface area (TPSA) is 96.2 Å². The average molecular weight is 938 g/mol. The van der Waals surface area contributed by atoms with E-state index in [4.69, 9.17) is 0 Å². The molecular formula is C59H101ClN2O4. The molecule has 6 saturated carbocycles. The van der Waals surface area contributed by atoms with Crippen LogP contribution in [0.3, 0.4) is 0 Å². The molecule has 10 rings (SSSR count). The lowest BCUT2D eigenvalue weighted by atomic mass is 9.46. The zero-order chi connectivity index (χ0) is 46.4. The van der Waals surface area contributed by atoms with Gasteiger partial charge in [-0.2, -0.15) is 0 Å². The third-order valence-corrected chi connectivity index (χ3v) is 23.9. The van der Waals surface area contributed by atoms with Crippen molar-refractivity contribution in [1.29, 1.82) is 0 Å². The van der Waals surface area contributed by atoms with Crippen LogP contribution in [0.1, 0.15) is 209 Å². The molecule has 66 heavy (non-hydrogen) atoms. The monoisotopic (exact) mass is 937 g/mol. The van der Waals surface area contributed by atoms with Gasteiger partial charge in [-0.25, -0.2) is 0 Å². The van der Waals surface area contributed by atoms with Gasteiger partial charge in [0.15, 0.2) is 0 Å². The fourth-order valence-electron chi connectivity index (χ4n) is 19.4. The highest BCUT2D eigenvalue weighted by Crippen LogP contribution is 2.70. The first kappa shape index (κ1) is 51.9. The lowest BCUT2D eigenvalue weighted by Gasteiger charge is -2.59. The largest absolute Gasteiger partial charge is 0.390 e. The van der Waals surface area contributed by atoms with Crippen LogP contribution in [-0.2, 0) is 0 Å². The molecule has 10 aliphatic rings. The van der Waals surface area contributed by atoms with Crippen molar-refractivity contribution in [3.8, 4) is 0 Å². The second-order valence-corrected chi connectivity index (χ2v) is 27.9. The minimum Gasteiger partial charge on any atom is -0.390 e. The summed E-state index contributed by atoms with van der Waals surface area (Å²) in [6, 6.07) is 0. The molecule has 16 atom stereocenters. The normalized spacial score (nSPS) is 47.9. The van der Waals surface area contributed by atoms with Crippen molar-refractivity contribution < 1.29 is 20.4 Å². The van der Waals surface area contributed by atoms with Gasteiger partial charge in [-0.15, -0.1) is 12.4 Å². The Labute approximate surface area is 410 Å². The third kappa shape index (κ3) is 9.52. The number of nitrogens with one attached hydrogen (secondary N) is 1. The number of hydrogen-bond acceptors (Lipinski definition) is 6. The van der Waals surface area contributed by atoms with Crippen molar-refractivity contribution in [3.05, 3.63) is 23.3 Å². The number of allylic oxidation sites excluding steroid dienone is 2. The van der Waals surface area contributed by atoms with Gasteiger partial charge in [-0.1, -0.05) is 64.8 Å². The van der Waals surface area contributed by atoms with E-state index in [2.05, 4.69) is 71.0 Å². The van der Waals surface area contributed by atoms with Crippen LogP contribution in [-0.4, -0.2) is 81.0 Å². The third-order valence-electron chi connectivity index (χ3n) is 23.9. The van der Waals surface area contributed by atoms with Gasteiger partial charge in [0.2, 0.25) is 0 Å². The average Bonchev–Trinajstić information content (AvgIpc) is 3.81. The van der Waals surface area contributed by atoms with E-state index in [9.17, 15) is 20.4 Å². The van der Waals surface area contributed by atoms with Crippen LogP contribution in [0.2, 0.25) is 0 Å². The van der Waals surface area contributed by atoms with Crippen molar-refractivity contribution in [2.75, 3.05) is 33.2 Å². The zero-order valence-corrected chi connectivity index (χ0v) is 44.7. The molecule has 0 radical (unpaired) electrons. The number of fused-ring (bicyclic) bond motifs is 10. The Morgan fingerprint density at radius 2 is 0.955 bits per heavy atom. The first-order valence-corrected chi connectivity index (χ1v) is 28.2. The molecule has 378 valence electrons. The lowest BCUT2D eigenvalue weighted by molar-refractivity contribution is -0.0728. The van der Waals surface area contributed by atoms with Gasteiger partial charge in [0.1, 0.15) is 0 Å². The van der Waals surface area contributed by atoms with E-state index in [-0.39, 0.29) is 12.4 Å². The molecule has 0 unspecified atom stereocenters. The number of aliphatic hydroxyl groups is 4. The van der Waals surface area contributed by atoms with Crippen LogP contribution in [0.5, 0.6) is 0 Å². The molecule has 0 aromatic heterocycles. The molecule has 2 heterocycles. The maximum atomic E-state index is 11.2. The smallest absolute Gasteiger partial charge is 0.0672 e. The minimum absolute atomic E-state index is 0. The number of halogens is 1. The highest BCUT2D eigenvalue weighted by atomic mass is 35.5. The fraction of sp³-hybridized carbons (Fsp3) is 0.932. The molecule has 0 bridgehead atoms. The summed E-state index contributed by atoms with van der Waals surface area (Å²) >= 11 is 0. The van der Waals surface area contributed by atoms with Gasteiger partial charge < -0.3 is 30.6 Å². The highest BCUT2D eigenvalue weighted by molar-refractivity contribution is 5.85.